The highest BCUT2D eigenvalue weighted by Crippen LogP contribution is 2.43. The molecule has 2 N–H and O–H groups in total. The molecule has 7 heteroatoms. The van der Waals surface area contributed by atoms with E-state index in [4.69, 9.17) is 19.9 Å². The average molecular weight is 263 g/mol. The number of benzene rings is 1. The molecule has 0 fully saturated rings. The van der Waals surface area contributed by atoms with Gasteiger partial charge in [-0.15, -0.1) is 0 Å². The predicted molar refractivity (Wildman–Crippen MR) is 56.7 cm³/mol. The lowest BCUT2D eigenvalue weighted by Gasteiger charge is -2.16. The molecule has 100 valence electrons. The Morgan fingerprint density at radius 2 is 2.11 bits per heavy atom. The summed E-state index contributed by atoms with van der Waals surface area (Å²) in [4.78, 5) is 0. The van der Waals surface area contributed by atoms with E-state index in [9.17, 15) is 13.2 Å². The molecule has 1 aromatic rings. The van der Waals surface area contributed by atoms with Gasteiger partial charge in [0.25, 0.3) is 0 Å². The molecule has 2 rings (SSSR count). The van der Waals surface area contributed by atoms with Crippen molar-refractivity contribution in [2.45, 2.75) is 18.6 Å². The van der Waals surface area contributed by atoms with Crippen molar-refractivity contribution >= 4 is 0 Å². The molecule has 1 aliphatic rings. The van der Waals surface area contributed by atoms with Gasteiger partial charge in [0.15, 0.2) is 11.5 Å². The van der Waals surface area contributed by atoms with Crippen LogP contribution in [-0.4, -0.2) is 20.1 Å². The van der Waals surface area contributed by atoms with Crippen LogP contribution < -0.4 is 19.9 Å². The molecular weight excluding hydrogens is 251 g/mol. The molecule has 1 heterocycles. The first kappa shape index (κ1) is 12.8. The van der Waals surface area contributed by atoms with E-state index in [1.54, 1.807) is 0 Å². The standard InChI is InChI=1S/C11H12F3NO3/c1-16-8-2-6(7(15)4-11(12,13)14)3-9-10(8)18-5-17-9/h2-3,7H,4-5,15H2,1H3/t7-/m1/s1. The van der Waals surface area contributed by atoms with Crippen molar-refractivity contribution in [3.05, 3.63) is 17.7 Å². The van der Waals surface area contributed by atoms with E-state index >= 15 is 0 Å². The summed E-state index contributed by atoms with van der Waals surface area (Å²) in [6.45, 7) is 0.0175. The van der Waals surface area contributed by atoms with Crippen LogP contribution in [0.1, 0.15) is 18.0 Å². The number of nitrogens with two attached hydrogens (primary N) is 1. The van der Waals surface area contributed by atoms with Crippen molar-refractivity contribution < 1.29 is 27.4 Å². The number of halogens is 3. The molecule has 0 aromatic heterocycles. The molecule has 0 aliphatic carbocycles. The number of rotatable bonds is 3. The molecule has 18 heavy (non-hydrogen) atoms. The van der Waals surface area contributed by atoms with E-state index in [0.29, 0.717) is 22.8 Å². The van der Waals surface area contributed by atoms with Crippen molar-refractivity contribution in [1.82, 2.24) is 0 Å². The molecule has 0 saturated heterocycles. The fraction of sp³-hybridized carbons (Fsp3) is 0.455. The van der Waals surface area contributed by atoms with E-state index < -0.39 is 18.6 Å². The van der Waals surface area contributed by atoms with Crippen molar-refractivity contribution in [2.75, 3.05) is 13.9 Å². The molecule has 1 atom stereocenters. The first-order chi connectivity index (χ1) is 8.40. The summed E-state index contributed by atoms with van der Waals surface area (Å²) < 4.78 is 52.1. The van der Waals surface area contributed by atoms with Gasteiger partial charge in [-0.3, -0.25) is 0 Å². The van der Waals surface area contributed by atoms with Crippen molar-refractivity contribution in [1.29, 1.82) is 0 Å². The summed E-state index contributed by atoms with van der Waals surface area (Å²) in [5.41, 5.74) is 5.83. The second kappa shape index (κ2) is 4.56. The quantitative estimate of drug-likeness (QED) is 0.909. The monoisotopic (exact) mass is 263 g/mol. The minimum atomic E-state index is -4.32. The van der Waals surface area contributed by atoms with Gasteiger partial charge in [-0.1, -0.05) is 0 Å². The largest absolute Gasteiger partial charge is 0.493 e. The van der Waals surface area contributed by atoms with Gasteiger partial charge in [-0.2, -0.15) is 13.2 Å². The predicted octanol–water partition coefficient (Wildman–Crippen LogP) is 2.38. The third-order valence-corrected chi connectivity index (χ3v) is 2.56. The summed E-state index contributed by atoms with van der Waals surface area (Å²) in [6.07, 6.45) is -5.42. The summed E-state index contributed by atoms with van der Waals surface area (Å²) >= 11 is 0. The van der Waals surface area contributed by atoms with E-state index in [-0.39, 0.29) is 6.79 Å². The van der Waals surface area contributed by atoms with Crippen LogP contribution >= 0.6 is 0 Å². The number of methoxy groups -OCH3 is 1. The zero-order chi connectivity index (χ0) is 13.3. The minimum absolute atomic E-state index is 0.0175. The zero-order valence-corrected chi connectivity index (χ0v) is 9.58. The molecule has 1 aromatic carbocycles. The van der Waals surface area contributed by atoms with Crippen LogP contribution in [0.5, 0.6) is 17.2 Å². The number of fused-ring (bicyclic) bond motifs is 1. The van der Waals surface area contributed by atoms with Crippen molar-refractivity contribution in [2.24, 2.45) is 5.73 Å². The van der Waals surface area contributed by atoms with E-state index in [1.807, 2.05) is 0 Å². The first-order valence-electron chi connectivity index (χ1n) is 5.20. The maximum Gasteiger partial charge on any atom is 0.390 e. The van der Waals surface area contributed by atoms with Crippen LogP contribution in [0.25, 0.3) is 0 Å². The molecule has 4 nitrogen and oxygen atoms in total. The van der Waals surface area contributed by atoms with Crippen molar-refractivity contribution in [3.8, 4) is 17.2 Å². The molecule has 0 bridgehead atoms. The first-order valence-corrected chi connectivity index (χ1v) is 5.20. The highest BCUT2D eigenvalue weighted by atomic mass is 19.4. The molecule has 0 amide bonds. The third kappa shape index (κ3) is 2.61. The lowest BCUT2D eigenvalue weighted by Crippen LogP contribution is -2.20. The van der Waals surface area contributed by atoms with Gasteiger partial charge in [0.05, 0.1) is 13.5 Å². The Kier molecular flexibility index (Phi) is 3.25. The molecule has 1 aliphatic heterocycles. The molecule has 0 unspecified atom stereocenters. The van der Waals surface area contributed by atoms with Crippen LogP contribution in [0.4, 0.5) is 13.2 Å². The smallest absolute Gasteiger partial charge is 0.390 e. The normalized spacial score (nSPS) is 15.6. The minimum Gasteiger partial charge on any atom is -0.493 e. The lowest BCUT2D eigenvalue weighted by molar-refractivity contribution is -0.138. The lowest BCUT2D eigenvalue weighted by atomic mass is 10.0. The van der Waals surface area contributed by atoms with Gasteiger partial charge in [0.1, 0.15) is 0 Å². The Bertz CT molecular complexity index is 448. The fourth-order valence-electron chi connectivity index (χ4n) is 1.73. The number of hydrogen-bond acceptors (Lipinski definition) is 4. The summed E-state index contributed by atoms with van der Waals surface area (Å²) in [5.74, 6) is 1.06. The Hall–Kier alpha value is -1.63. The van der Waals surface area contributed by atoms with Gasteiger partial charge in [0, 0.05) is 6.04 Å². The van der Waals surface area contributed by atoms with Crippen molar-refractivity contribution in [3.63, 3.8) is 0 Å². The topological polar surface area (TPSA) is 53.7 Å². The summed E-state index contributed by atoms with van der Waals surface area (Å²) in [6, 6.07) is 1.72. The zero-order valence-electron chi connectivity index (χ0n) is 9.58. The van der Waals surface area contributed by atoms with Gasteiger partial charge in [0.2, 0.25) is 12.5 Å². The maximum absolute atomic E-state index is 12.3. The third-order valence-electron chi connectivity index (χ3n) is 2.56. The molecular formula is C11H12F3NO3. The highest BCUT2D eigenvalue weighted by Gasteiger charge is 2.32. The van der Waals surface area contributed by atoms with Gasteiger partial charge >= 0.3 is 6.18 Å². The number of ether oxygens (including phenoxy) is 3. The molecule has 0 saturated carbocycles. The van der Waals surface area contributed by atoms with Gasteiger partial charge < -0.3 is 19.9 Å². The van der Waals surface area contributed by atoms with Crippen LogP contribution in [0, 0.1) is 0 Å². The van der Waals surface area contributed by atoms with E-state index in [1.165, 1.54) is 19.2 Å². The van der Waals surface area contributed by atoms with E-state index in [0.717, 1.165) is 0 Å². The fourth-order valence-corrected chi connectivity index (χ4v) is 1.73. The molecule has 0 radical (unpaired) electrons. The maximum atomic E-state index is 12.3. The van der Waals surface area contributed by atoms with Gasteiger partial charge in [-0.25, -0.2) is 0 Å². The second-order valence-electron chi connectivity index (χ2n) is 3.88. The SMILES string of the molecule is COc1cc([C@H](N)CC(F)(F)F)cc2c1OCO2. The van der Waals surface area contributed by atoms with Gasteiger partial charge in [-0.05, 0) is 17.7 Å². The summed E-state index contributed by atoms with van der Waals surface area (Å²) in [7, 11) is 1.40. The Morgan fingerprint density at radius 3 is 2.72 bits per heavy atom. The number of hydrogen-bond donors (Lipinski definition) is 1. The number of alkyl halides is 3. The average Bonchev–Trinajstić information content (AvgIpc) is 2.73. The van der Waals surface area contributed by atoms with Crippen LogP contribution in [0.15, 0.2) is 12.1 Å². The summed E-state index contributed by atoms with van der Waals surface area (Å²) in [5, 5.41) is 0. The Labute approximate surface area is 101 Å². The molecule has 0 spiro atoms. The van der Waals surface area contributed by atoms with Crippen LogP contribution in [0.3, 0.4) is 0 Å². The Morgan fingerprint density at radius 1 is 1.39 bits per heavy atom. The van der Waals surface area contributed by atoms with Crippen LogP contribution in [0.2, 0.25) is 0 Å². The highest BCUT2D eigenvalue weighted by molar-refractivity contribution is 5.55. The van der Waals surface area contributed by atoms with E-state index in [2.05, 4.69) is 0 Å². The van der Waals surface area contributed by atoms with Crippen LogP contribution in [-0.2, 0) is 0 Å². The second-order valence-corrected chi connectivity index (χ2v) is 3.88. The Balaban J connectivity index is 2.29.